The first-order valence-electron chi connectivity index (χ1n) is 11.6. The van der Waals surface area contributed by atoms with Gasteiger partial charge in [0.1, 0.15) is 6.10 Å². The van der Waals surface area contributed by atoms with E-state index < -0.39 is 15.8 Å². The van der Waals surface area contributed by atoms with Crippen LogP contribution in [0.15, 0.2) is 24.5 Å². The molecule has 2 saturated heterocycles. The number of benzene rings is 1. The SMILES string of the molecule is CCc1cnc(N2CCC(Oc3c(F)cc(CN4CCN(S(C)(=O)=O)CC4)cc3Cl)CC2)nc1. The van der Waals surface area contributed by atoms with Gasteiger partial charge >= 0.3 is 0 Å². The normalized spacial score (nSPS) is 18.9. The molecule has 0 aliphatic carbocycles. The van der Waals surface area contributed by atoms with E-state index in [0.29, 0.717) is 38.7 Å². The number of halogens is 2. The quantitative estimate of drug-likeness (QED) is 0.565. The summed E-state index contributed by atoms with van der Waals surface area (Å²) in [4.78, 5) is 13.1. The maximum absolute atomic E-state index is 14.9. The van der Waals surface area contributed by atoms with Crippen molar-refractivity contribution in [1.29, 1.82) is 0 Å². The standard InChI is InChI=1S/C23H31ClFN5O3S/c1-3-17-14-26-23(27-15-17)29-6-4-19(5-7-29)33-22-20(24)12-18(13-21(22)25)16-28-8-10-30(11-9-28)34(2,31)32/h12-15,19H,3-11,16H2,1-2H3. The molecule has 2 aliphatic rings. The van der Waals surface area contributed by atoms with Crippen molar-refractivity contribution in [3.05, 3.63) is 46.5 Å². The molecule has 3 heterocycles. The lowest BCUT2D eigenvalue weighted by Crippen LogP contribution is -2.47. The van der Waals surface area contributed by atoms with Crippen molar-refractivity contribution >= 4 is 27.6 Å². The van der Waals surface area contributed by atoms with E-state index in [0.717, 1.165) is 43.5 Å². The molecule has 0 bridgehead atoms. The molecule has 0 spiro atoms. The van der Waals surface area contributed by atoms with Gasteiger partial charge in [0.05, 0.1) is 11.3 Å². The second-order valence-electron chi connectivity index (χ2n) is 8.88. The second-order valence-corrected chi connectivity index (χ2v) is 11.3. The van der Waals surface area contributed by atoms with Crippen molar-refractivity contribution in [3.8, 4) is 5.75 Å². The van der Waals surface area contributed by atoms with Crippen molar-refractivity contribution in [2.75, 3.05) is 50.4 Å². The summed E-state index contributed by atoms with van der Waals surface area (Å²) in [5.41, 5.74) is 1.84. The number of ether oxygens (including phenoxy) is 1. The van der Waals surface area contributed by atoms with E-state index in [9.17, 15) is 12.8 Å². The molecule has 2 aliphatic heterocycles. The number of hydrogen-bond donors (Lipinski definition) is 0. The molecule has 0 saturated carbocycles. The molecule has 1 aromatic heterocycles. The largest absolute Gasteiger partial charge is 0.486 e. The Labute approximate surface area is 205 Å². The number of piperidine rings is 1. The predicted octanol–water partition coefficient (Wildman–Crippen LogP) is 2.96. The van der Waals surface area contributed by atoms with Crippen LogP contribution in [0.3, 0.4) is 0 Å². The number of nitrogens with zero attached hydrogens (tertiary/aromatic N) is 5. The molecule has 11 heteroatoms. The highest BCUT2D eigenvalue weighted by Crippen LogP contribution is 2.32. The van der Waals surface area contributed by atoms with Gasteiger partial charge < -0.3 is 9.64 Å². The Kier molecular flexibility index (Phi) is 7.91. The maximum atomic E-state index is 14.9. The molecule has 4 rings (SSSR count). The number of sulfonamides is 1. The molecule has 2 aromatic rings. The summed E-state index contributed by atoms with van der Waals surface area (Å²) in [6.07, 6.45) is 7.15. The van der Waals surface area contributed by atoms with Gasteiger partial charge in [-0.3, -0.25) is 4.90 Å². The van der Waals surface area contributed by atoms with Gasteiger partial charge in [-0.25, -0.2) is 22.8 Å². The van der Waals surface area contributed by atoms with Gasteiger partial charge in [0.25, 0.3) is 0 Å². The summed E-state index contributed by atoms with van der Waals surface area (Å²) < 4.78 is 45.7. The van der Waals surface area contributed by atoms with Gasteiger partial charge in [0.15, 0.2) is 11.6 Å². The summed E-state index contributed by atoms with van der Waals surface area (Å²) in [5.74, 6) is 0.328. The minimum absolute atomic E-state index is 0.0920. The minimum Gasteiger partial charge on any atom is -0.486 e. The number of aromatic nitrogens is 2. The first kappa shape index (κ1) is 25.1. The highest BCUT2D eigenvalue weighted by Gasteiger charge is 2.26. The Morgan fingerprint density at radius 1 is 1.06 bits per heavy atom. The van der Waals surface area contributed by atoms with E-state index in [1.165, 1.54) is 16.6 Å². The van der Waals surface area contributed by atoms with Crippen LogP contribution in [-0.2, 0) is 23.0 Å². The average molecular weight is 512 g/mol. The Morgan fingerprint density at radius 3 is 2.26 bits per heavy atom. The Hall–Kier alpha value is -2.01. The third kappa shape index (κ3) is 6.16. The molecule has 0 radical (unpaired) electrons. The van der Waals surface area contributed by atoms with Crippen molar-refractivity contribution in [2.24, 2.45) is 0 Å². The van der Waals surface area contributed by atoms with Gasteiger partial charge in [-0.05, 0) is 29.7 Å². The van der Waals surface area contributed by atoms with E-state index in [4.69, 9.17) is 16.3 Å². The topological polar surface area (TPSA) is 78.9 Å². The van der Waals surface area contributed by atoms with Crippen molar-refractivity contribution in [1.82, 2.24) is 19.2 Å². The zero-order valence-corrected chi connectivity index (χ0v) is 21.2. The average Bonchev–Trinajstić information content (AvgIpc) is 2.82. The van der Waals surface area contributed by atoms with Crippen LogP contribution < -0.4 is 9.64 Å². The van der Waals surface area contributed by atoms with E-state index in [-0.39, 0.29) is 16.9 Å². The van der Waals surface area contributed by atoms with Crippen molar-refractivity contribution in [3.63, 3.8) is 0 Å². The number of hydrogen-bond acceptors (Lipinski definition) is 7. The molecule has 0 unspecified atom stereocenters. The lowest BCUT2D eigenvalue weighted by atomic mass is 10.1. The summed E-state index contributed by atoms with van der Waals surface area (Å²) in [7, 11) is -3.18. The molecule has 0 atom stereocenters. The van der Waals surface area contributed by atoms with Crippen LogP contribution >= 0.6 is 11.6 Å². The third-order valence-electron chi connectivity index (χ3n) is 6.37. The van der Waals surface area contributed by atoms with E-state index in [1.54, 1.807) is 6.07 Å². The summed E-state index contributed by atoms with van der Waals surface area (Å²) in [6.45, 7) is 6.08. The first-order chi connectivity index (χ1) is 16.2. The Balaban J connectivity index is 1.31. The second kappa shape index (κ2) is 10.7. The number of piperazine rings is 1. The molecule has 1 aromatic carbocycles. The third-order valence-corrected chi connectivity index (χ3v) is 7.96. The number of aryl methyl sites for hydroxylation is 1. The zero-order chi connectivity index (χ0) is 24.3. The molecule has 2 fully saturated rings. The van der Waals surface area contributed by atoms with E-state index in [1.807, 2.05) is 12.4 Å². The summed E-state index contributed by atoms with van der Waals surface area (Å²) >= 11 is 6.41. The molecule has 8 nitrogen and oxygen atoms in total. The Morgan fingerprint density at radius 2 is 1.71 bits per heavy atom. The number of anilines is 1. The number of rotatable bonds is 7. The van der Waals surface area contributed by atoms with Crippen LogP contribution in [0.5, 0.6) is 5.75 Å². The van der Waals surface area contributed by atoms with Crippen LogP contribution in [0.1, 0.15) is 30.9 Å². The van der Waals surface area contributed by atoms with E-state index >= 15 is 0 Å². The monoisotopic (exact) mass is 511 g/mol. The van der Waals surface area contributed by atoms with Gasteiger partial charge in [-0.15, -0.1) is 0 Å². The van der Waals surface area contributed by atoms with Crippen molar-refractivity contribution < 1.29 is 17.5 Å². The van der Waals surface area contributed by atoms with Crippen LogP contribution in [0.25, 0.3) is 0 Å². The van der Waals surface area contributed by atoms with Gasteiger partial charge in [0, 0.05) is 71.0 Å². The molecule has 186 valence electrons. The maximum Gasteiger partial charge on any atom is 0.225 e. The van der Waals surface area contributed by atoms with Gasteiger partial charge in [0.2, 0.25) is 16.0 Å². The predicted molar refractivity (Wildman–Crippen MR) is 130 cm³/mol. The lowest BCUT2D eigenvalue weighted by molar-refractivity contribution is 0.163. The summed E-state index contributed by atoms with van der Waals surface area (Å²) in [5, 5.41) is 0.255. The lowest BCUT2D eigenvalue weighted by Gasteiger charge is -2.33. The van der Waals surface area contributed by atoms with Crippen LogP contribution in [-0.4, -0.2) is 79.2 Å². The highest BCUT2D eigenvalue weighted by molar-refractivity contribution is 7.88. The molecular weight excluding hydrogens is 481 g/mol. The molecule has 0 N–H and O–H groups in total. The fourth-order valence-electron chi connectivity index (χ4n) is 4.33. The zero-order valence-electron chi connectivity index (χ0n) is 19.6. The Bertz CT molecular complexity index is 1060. The fourth-order valence-corrected chi connectivity index (χ4v) is 5.43. The van der Waals surface area contributed by atoms with Crippen LogP contribution in [0.2, 0.25) is 5.02 Å². The fraction of sp³-hybridized carbons (Fsp3) is 0.565. The van der Waals surface area contributed by atoms with Crippen molar-refractivity contribution in [2.45, 2.75) is 38.8 Å². The smallest absolute Gasteiger partial charge is 0.225 e. The van der Waals surface area contributed by atoms with Crippen LogP contribution in [0, 0.1) is 5.82 Å². The highest BCUT2D eigenvalue weighted by atomic mass is 35.5. The summed E-state index contributed by atoms with van der Waals surface area (Å²) in [6, 6.07) is 3.20. The van der Waals surface area contributed by atoms with Gasteiger partial charge in [-0.1, -0.05) is 18.5 Å². The van der Waals surface area contributed by atoms with E-state index in [2.05, 4.69) is 26.7 Å². The molecule has 34 heavy (non-hydrogen) atoms. The first-order valence-corrected chi connectivity index (χ1v) is 13.8. The van der Waals surface area contributed by atoms with Gasteiger partial charge in [-0.2, -0.15) is 4.31 Å². The molecular formula is C23H31ClFN5O3S. The molecule has 0 amide bonds. The minimum atomic E-state index is -3.18. The van der Waals surface area contributed by atoms with Crippen LogP contribution in [0.4, 0.5) is 10.3 Å².